The number of hydrogen-bond acceptors (Lipinski definition) is 2. The van der Waals surface area contributed by atoms with Gasteiger partial charge in [-0.05, 0) is 30.2 Å². The van der Waals surface area contributed by atoms with E-state index >= 15 is 0 Å². The van der Waals surface area contributed by atoms with Crippen molar-refractivity contribution < 1.29 is 4.79 Å². The summed E-state index contributed by atoms with van der Waals surface area (Å²) in [5, 5.41) is 7.11. The molecule has 19 heavy (non-hydrogen) atoms. The number of alkyl halides is 1. The van der Waals surface area contributed by atoms with Crippen molar-refractivity contribution in [2.45, 2.75) is 19.2 Å². The van der Waals surface area contributed by atoms with Crippen LogP contribution in [0.2, 0.25) is 0 Å². The van der Waals surface area contributed by atoms with Crippen LogP contribution in [0.5, 0.6) is 0 Å². The zero-order valence-electron chi connectivity index (χ0n) is 11.0. The molecule has 5 heteroatoms. The van der Waals surface area contributed by atoms with Crippen LogP contribution in [0, 0.1) is 0 Å². The van der Waals surface area contributed by atoms with E-state index in [0.29, 0.717) is 11.6 Å². The summed E-state index contributed by atoms with van der Waals surface area (Å²) in [6, 6.07) is 9.30. The lowest BCUT2D eigenvalue weighted by atomic mass is 10.2. The minimum Gasteiger partial charge on any atom is -0.321 e. The van der Waals surface area contributed by atoms with Crippen molar-refractivity contribution in [3.05, 3.63) is 47.3 Å². The lowest BCUT2D eigenvalue weighted by molar-refractivity contribution is 0.101. The monoisotopic (exact) mass is 277 g/mol. The number of aryl methyl sites for hydroxylation is 2. The Balaban J connectivity index is 2.17. The highest BCUT2D eigenvalue weighted by Crippen LogP contribution is 2.14. The number of hydrogen-bond donors (Lipinski definition) is 1. The second-order valence-electron chi connectivity index (χ2n) is 4.29. The Morgan fingerprint density at radius 2 is 2.21 bits per heavy atom. The third kappa shape index (κ3) is 3.15. The first-order valence-electron chi connectivity index (χ1n) is 6.13. The number of nitrogens with zero attached hydrogens (tertiary/aromatic N) is 2. The SMILES string of the molecule is CCc1cc(C(=O)Nc2cccc(CCl)c2)n(C)n1. The standard InChI is InChI=1S/C14H16ClN3O/c1-3-11-8-13(18(2)17-11)14(19)16-12-6-4-5-10(7-12)9-15/h4-8H,3,9H2,1-2H3,(H,16,19). The third-order valence-corrected chi connectivity index (χ3v) is 3.17. The van der Waals surface area contributed by atoms with Gasteiger partial charge in [-0.3, -0.25) is 9.48 Å². The second kappa shape index (κ2) is 5.89. The molecule has 1 amide bonds. The average molecular weight is 278 g/mol. The van der Waals surface area contributed by atoms with Gasteiger partial charge in [-0.15, -0.1) is 11.6 Å². The second-order valence-corrected chi connectivity index (χ2v) is 4.55. The number of anilines is 1. The van der Waals surface area contributed by atoms with E-state index in [0.717, 1.165) is 23.4 Å². The molecule has 2 aromatic rings. The van der Waals surface area contributed by atoms with Gasteiger partial charge in [-0.25, -0.2) is 0 Å². The summed E-state index contributed by atoms with van der Waals surface area (Å²) in [4.78, 5) is 12.2. The molecule has 0 bridgehead atoms. The number of rotatable bonds is 4. The van der Waals surface area contributed by atoms with Gasteiger partial charge in [-0.1, -0.05) is 19.1 Å². The van der Waals surface area contributed by atoms with Crippen molar-refractivity contribution in [1.29, 1.82) is 0 Å². The Hall–Kier alpha value is -1.81. The Morgan fingerprint density at radius 3 is 2.84 bits per heavy atom. The molecule has 1 N–H and O–H groups in total. The summed E-state index contributed by atoms with van der Waals surface area (Å²) in [7, 11) is 1.77. The van der Waals surface area contributed by atoms with Crippen LogP contribution in [0.4, 0.5) is 5.69 Å². The number of halogens is 1. The number of amides is 1. The molecule has 1 aromatic carbocycles. The first kappa shape index (κ1) is 13.6. The molecule has 0 aliphatic carbocycles. The molecule has 0 saturated heterocycles. The molecule has 100 valence electrons. The zero-order chi connectivity index (χ0) is 13.8. The molecule has 4 nitrogen and oxygen atoms in total. The lowest BCUT2D eigenvalue weighted by Crippen LogP contribution is -2.16. The minimum absolute atomic E-state index is 0.165. The van der Waals surface area contributed by atoms with E-state index in [9.17, 15) is 4.79 Å². The topological polar surface area (TPSA) is 46.9 Å². The predicted molar refractivity (Wildman–Crippen MR) is 76.5 cm³/mol. The van der Waals surface area contributed by atoms with Crippen LogP contribution < -0.4 is 5.32 Å². The van der Waals surface area contributed by atoms with Crippen molar-refractivity contribution in [2.75, 3.05) is 5.32 Å². The van der Waals surface area contributed by atoms with Gasteiger partial charge < -0.3 is 5.32 Å². The van der Waals surface area contributed by atoms with Crippen LogP contribution in [-0.4, -0.2) is 15.7 Å². The molecule has 0 unspecified atom stereocenters. The highest BCUT2D eigenvalue weighted by atomic mass is 35.5. The number of carbonyl (C=O) groups excluding carboxylic acids is 1. The lowest BCUT2D eigenvalue weighted by Gasteiger charge is -2.06. The van der Waals surface area contributed by atoms with Gasteiger partial charge in [0.2, 0.25) is 0 Å². The van der Waals surface area contributed by atoms with Gasteiger partial charge in [0.25, 0.3) is 5.91 Å². The molecular formula is C14H16ClN3O. The van der Waals surface area contributed by atoms with Gasteiger partial charge >= 0.3 is 0 Å². The number of benzene rings is 1. The number of aromatic nitrogens is 2. The Kier molecular flexibility index (Phi) is 4.22. The van der Waals surface area contributed by atoms with Crippen molar-refractivity contribution >= 4 is 23.2 Å². The van der Waals surface area contributed by atoms with Crippen molar-refractivity contribution in [3.63, 3.8) is 0 Å². The molecule has 0 saturated carbocycles. The maximum Gasteiger partial charge on any atom is 0.273 e. The molecule has 0 radical (unpaired) electrons. The van der Waals surface area contributed by atoms with Crippen molar-refractivity contribution in [1.82, 2.24) is 9.78 Å². The molecule has 0 aliphatic heterocycles. The summed E-state index contributed by atoms with van der Waals surface area (Å²) in [6.07, 6.45) is 0.808. The molecular weight excluding hydrogens is 262 g/mol. The third-order valence-electron chi connectivity index (χ3n) is 2.86. The molecule has 0 aliphatic rings. The maximum absolute atomic E-state index is 12.2. The largest absolute Gasteiger partial charge is 0.321 e. The molecule has 0 atom stereocenters. The van der Waals surface area contributed by atoms with Gasteiger partial charge in [-0.2, -0.15) is 5.10 Å². The quantitative estimate of drug-likeness (QED) is 0.874. The van der Waals surface area contributed by atoms with Crippen LogP contribution in [0.15, 0.2) is 30.3 Å². The van der Waals surface area contributed by atoms with E-state index in [2.05, 4.69) is 10.4 Å². The fourth-order valence-electron chi connectivity index (χ4n) is 1.84. The summed E-state index contributed by atoms with van der Waals surface area (Å²) in [6.45, 7) is 2.01. The van der Waals surface area contributed by atoms with Gasteiger partial charge in [0.15, 0.2) is 0 Å². The van der Waals surface area contributed by atoms with Crippen molar-refractivity contribution in [2.24, 2.45) is 7.05 Å². The molecule has 1 heterocycles. The van der Waals surface area contributed by atoms with Gasteiger partial charge in [0.1, 0.15) is 5.69 Å². The van der Waals surface area contributed by atoms with Crippen molar-refractivity contribution in [3.8, 4) is 0 Å². The van der Waals surface area contributed by atoms with E-state index in [4.69, 9.17) is 11.6 Å². The van der Waals surface area contributed by atoms with Crippen LogP contribution in [0.3, 0.4) is 0 Å². The summed E-state index contributed by atoms with van der Waals surface area (Å²) < 4.78 is 1.60. The van der Waals surface area contributed by atoms with Crippen LogP contribution in [0.1, 0.15) is 28.7 Å². The number of nitrogens with one attached hydrogen (secondary N) is 1. The minimum atomic E-state index is -0.165. The van der Waals surface area contributed by atoms with Gasteiger partial charge in [0, 0.05) is 18.6 Å². The number of carbonyl (C=O) groups is 1. The smallest absolute Gasteiger partial charge is 0.273 e. The Labute approximate surface area is 117 Å². The van der Waals surface area contributed by atoms with E-state index in [1.165, 1.54) is 0 Å². The van der Waals surface area contributed by atoms with E-state index < -0.39 is 0 Å². The molecule has 0 fully saturated rings. The highest BCUT2D eigenvalue weighted by molar-refractivity contribution is 6.17. The first-order chi connectivity index (χ1) is 9.13. The zero-order valence-corrected chi connectivity index (χ0v) is 11.7. The fourth-order valence-corrected chi connectivity index (χ4v) is 2.01. The van der Waals surface area contributed by atoms with Crippen LogP contribution in [-0.2, 0) is 19.3 Å². The van der Waals surface area contributed by atoms with Crippen LogP contribution in [0.25, 0.3) is 0 Å². The molecule has 1 aromatic heterocycles. The van der Waals surface area contributed by atoms with Gasteiger partial charge in [0.05, 0.1) is 5.69 Å². The Bertz CT molecular complexity index is 592. The predicted octanol–water partition coefficient (Wildman–Crippen LogP) is 2.97. The molecule has 2 rings (SSSR count). The Morgan fingerprint density at radius 1 is 1.42 bits per heavy atom. The summed E-state index contributed by atoms with van der Waals surface area (Å²) in [5.41, 5.74) is 3.16. The average Bonchev–Trinajstić information content (AvgIpc) is 2.80. The maximum atomic E-state index is 12.2. The summed E-state index contributed by atoms with van der Waals surface area (Å²) in [5.74, 6) is 0.261. The fraction of sp³-hybridized carbons (Fsp3) is 0.286. The first-order valence-corrected chi connectivity index (χ1v) is 6.66. The van der Waals surface area contributed by atoms with E-state index in [1.54, 1.807) is 17.8 Å². The highest BCUT2D eigenvalue weighted by Gasteiger charge is 2.12. The molecule has 0 spiro atoms. The van der Waals surface area contributed by atoms with Crippen LogP contribution >= 0.6 is 11.6 Å². The van der Waals surface area contributed by atoms with E-state index in [-0.39, 0.29) is 5.91 Å². The van der Waals surface area contributed by atoms with E-state index in [1.807, 2.05) is 31.2 Å². The summed E-state index contributed by atoms with van der Waals surface area (Å²) >= 11 is 5.77. The normalized spacial score (nSPS) is 10.5.